The van der Waals surface area contributed by atoms with E-state index in [9.17, 15) is 25.3 Å². The minimum absolute atomic E-state index is 0.0666. The predicted molar refractivity (Wildman–Crippen MR) is 108 cm³/mol. The number of nitrogens with zero attached hydrogens (tertiary/aromatic N) is 4. The van der Waals surface area contributed by atoms with E-state index < -0.39 is 27.8 Å². The number of amides is 1. The number of nitro groups is 1. The first-order chi connectivity index (χ1) is 14.3. The fraction of sp³-hybridized carbons (Fsp3) is 0.0500. The van der Waals surface area contributed by atoms with Gasteiger partial charge in [-0.15, -0.1) is 0 Å². The lowest BCUT2D eigenvalue weighted by Crippen LogP contribution is -2.16. The summed E-state index contributed by atoms with van der Waals surface area (Å²) in [7, 11) is 0. The van der Waals surface area contributed by atoms with E-state index >= 15 is 0 Å². The minimum Gasteiger partial charge on any atom is -0.867 e. The molecule has 0 unspecified atom stereocenters. The van der Waals surface area contributed by atoms with Gasteiger partial charge in [0.15, 0.2) is 0 Å². The highest BCUT2D eigenvalue weighted by Crippen LogP contribution is 2.32. The van der Waals surface area contributed by atoms with Gasteiger partial charge in [-0.1, -0.05) is 29.8 Å². The second-order valence-corrected chi connectivity index (χ2v) is 6.58. The van der Waals surface area contributed by atoms with Gasteiger partial charge in [0.25, 0.3) is 11.6 Å². The predicted octanol–water partition coefficient (Wildman–Crippen LogP) is 3.36. The van der Waals surface area contributed by atoms with Crippen LogP contribution < -0.4 is 10.4 Å². The van der Waals surface area contributed by atoms with Crippen molar-refractivity contribution in [2.75, 3.05) is 5.32 Å². The van der Waals surface area contributed by atoms with Crippen molar-refractivity contribution in [3.05, 3.63) is 80.5 Å². The van der Waals surface area contributed by atoms with Crippen LogP contribution in [0, 0.1) is 28.4 Å². The lowest BCUT2D eigenvalue weighted by Gasteiger charge is -2.12. The summed E-state index contributed by atoms with van der Waals surface area (Å²) in [5.41, 5.74) is -0.0975. The molecule has 0 saturated carbocycles. The molecule has 0 atom stereocenters. The van der Waals surface area contributed by atoms with E-state index in [1.807, 2.05) is 6.07 Å². The van der Waals surface area contributed by atoms with Crippen LogP contribution in [-0.4, -0.2) is 20.6 Å². The Morgan fingerprint density at radius 3 is 2.63 bits per heavy atom. The van der Waals surface area contributed by atoms with E-state index in [0.29, 0.717) is 17.2 Å². The smallest absolute Gasteiger partial charge is 0.267 e. The third kappa shape index (κ3) is 4.29. The Balaban J connectivity index is 1.96. The van der Waals surface area contributed by atoms with Crippen molar-refractivity contribution < 1.29 is 14.8 Å². The summed E-state index contributed by atoms with van der Waals surface area (Å²) in [5.74, 6) is -1.45. The number of nitriles is 1. The third-order valence-electron chi connectivity index (χ3n) is 4.00. The van der Waals surface area contributed by atoms with E-state index in [0.717, 1.165) is 18.2 Å². The lowest BCUT2D eigenvalue weighted by atomic mass is 10.1. The van der Waals surface area contributed by atoms with E-state index in [2.05, 4.69) is 10.4 Å². The Morgan fingerprint density at radius 2 is 2.00 bits per heavy atom. The summed E-state index contributed by atoms with van der Waals surface area (Å²) in [4.78, 5) is 22.8. The number of anilines is 1. The van der Waals surface area contributed by atoms with Gasteiger partial charge in [-0.05, 0) is 42.5 Å². The second kappa shape index (κ2) is 8.46. The zero-order valence-electron chi connectivity index (χ0n) is 15.5. The highest BCUT2D eigenvalue weighted by Gasteiger charge is 2.17. The number of benzene rings is 2. The Labute approximate surface area is 175 Å². The molecule has 9 nitrogen and oxygen atoms in total. The molecule has 3 rings (SSSR count). The Morgan fingerprint density at radius 1 is 1.30 bits per heavy atom. The molecule has 0 aliphatic carbocycles. The van der Waals surface area contributed by atoms with Crippen molar-refractivity contribution in [2.24, 2.45) is 0 Å². The zero-order valence-corrected chi connectivity index (χ0v) is 16.3. The molecule has 0 saturated heterocycles. The maximum absolute atomic E-state index is 12.6. The summed E-state index contributed by atoms with van der Waals surface area (Å²) in [6.45, 7) is 1.74. The average molecular weight is 423 g/mol. The van der Waals surface area contributed by atoms with Crippen LogP contribution in [-0.2, 0) is 4.79 Å². The van der Waals surface area contributed by atoms with Crippen molar-refractivity contribution in [3.63, 3.8) is 0 Å². The number of carbonyl (C=O) groups excluding carboxylic acids is 1. The van der Waals surface area contributed by atoms with Crippen LogP contribution in [0.2, 0.25) is 5.02 Å². The van der Waals surface area contributed by atoms with E-state index in [1.165, 1.54) is 4.68 Å². The minimum atomic E-state index is -0.949. The number of aryl methyl sites for hydroxylation is 1. The molecule has 0 aliphatic heterocycles. The van der Waals surface area contributed by atoms with Crippen molar-refractivity contribution in [2.45, 2.75) is 6.92 Å². The van der Waals surface area contributed by atoms with Crippen LogP contribution in [0.3, 0.4) is 0 Å². The van der Waals surface area contributed by atoms with Crippen LogP contribution in [0.4, 0.5) is 11.5 Å². The van der Waals surface area contributed by atoms with E-state index in [-0.39, 0.29) is 10.6 Å². The first-order valence-corrected chi connectivity index (χ1v) is 8.88. The second-order valence-electron chi connectivity index (χ2n) is 6.14. The number of carbonyl (C=O) groups is 1. The maximum Gasteiger partial charge on any atom is 0.267 e. The van der Waals surface area contributed by atoms with Gasteiger partial charge in [0.2, 0.25) is 0 Å². The quantitative estimate of drug-likeness (QED) is 0.289. The Kier molecular flexibility index (Phi) is 5.80. The molecule has 2 aromatic carbocycles. The van der Waals surface area contributed by atoms with Gasteiger partial charge < -0.3 is 10.4 Å². The van der Waals surface area contributed by atoms with Gasteiger partial charge in [-0.2, -0.15) is 10.4 Å². The third-order valence-corrected chi connectivity index (χ3v) is 4.22. The van der Waals surface area contributed by atoms with Crippen LogP contribution >= 0.6 is 11.6 Å². The molecule has 0 bridgehead atoms. The largest absolute Gasteiger partial charge is 0.867 e. The molecule has 10 heteroatoms. The number of halogens is 1. The van der Waals surface area contributed by atoms with Gasteiger partial charge in [0.1, 0.15) is 17.5 Å². The van der Waals surface area contributed by atoms with Crippen molar-refractivity contribution in [3.8, 4) is 17.5 Å². The van der Waals surface area contributed by atoms with Gasteiger partial charge in [0.05, 0.1) is 16.3 Å². The number of rotatable bonds is 5. The summed E-state index contributed by atoms with van der Waals surface area (Å²) in [6, 6.07) is 14.4. The molecule has 30 heavy (non-hydrogen) atoms. The first kappa shape index (κ1) is 20.6. The number of hydrogen-bond acceptors (Lipinski definition) is 6. The van der Waals surface area contributed by atoms with Gasteiger partial charge in [0, 0.05) is 17.2 Å². The monoisotopic (exact) mass is 422 g/mol. The van der Waals surface area contributed by atoms with Gasteiger partial charge in [-0.25, -0.2) is 4.68 Å². The molecule has 0 aliphatic rings. The number of nitro benzene ring substituents is 1. The molecule has 0 radical (unpaired) electrons. The summed E-state index contributed by atoms with van der Waals surface area (Å²) in [6.07, 6.45) is 0.965. The van der Waals surface area contributed by atoms with Crippen LogP contribution in [0.1, 0.15) is 11.3 Å². The number of hydrogen-bond donors (Lipinski definition) is 1. The SMILES string of the molecule is Cc1cc(NC(=O)/C(C#N)=C/c2cc(Cl)cc([N+](=O)[O-])c2[O-])n(-c2ccccc2)n1. The average Bonchev–Trinajstić information content (AvgIpc) is 3.08. The fourth-order valence-electron chi connectivity index (χ4n) is 2.68. The lowest BCUT2D eigenvalue weighted by molar-refractivity contribution is -0.398. The zero-order chi connectivity index (χ0) is 21.8. The van der Waals surface area contributed by atoms with E-state index in [4.69, 9.17) is 11.6 Å². The molecule has 0 fully saturated rings. The molecular weight excluding hydrogens is 410 g/mol. The van der Waals surface area contributed by atoms with Crippen LogP contribution in [0.25, 0.3) is 11.8 Å². The summed E-state index contributed by atoms with van der Waals surface area (Å²) < 4.78 is 1.49. The normalized spacial score (nSPS) is 11.0. The number of aromatic nitrogens is 2. The van der Waals surface area contributed by atoms with Crippen molar-refractivity contribution >= 4 is 35.1 Å². The van der Waals surface area contributed by atoms with Crippen molar-refractivity contribution in [1.82, 2.24) is 9.78 Å². The highest BCUT2D eigenvalue weighted by molar-refractivity contribution is 6.31. The molecular formula is C20H13ClN5O4-. The Bertz CT molecular complexity index is 1210. The molecule has 1 aromatic heterocycles. The molecule has 150 valence electrons. The number of para-hydroxylation sites is 1. The number of nitrogens with one attached hydrogen (secondary N) is 1. The molecule has 1 N–H and O–H groups in total. The summed E-state index contributed by atoms with van der Waals surface area (Å²) >= 11 is 5.83. The topological polar surface area (TPSA) is 137 Å². The summed E-state index contributed by atoms with van der Waals surface area (Å²) in [5, 5.41) is 39.5. The molecule has 1 amide bonds. The first-order valence-electron chi connectivity index (χ1n) is 8.50. The van der Waals surface area contributed by atoms with Crippen molar-refractivity contribution in [1.29, 1.82) is 5.26 Å². The standard InChI is InChI=1S/C20H14ClN5O4/c1-12-7-18(25(24-12)16-5-3-2-4-6-16)23-20(28)14(11-22)8-13-9-15(21)10-17(19(13)27)26(29)30/h2-10,27H,1H3,(H,23,28)/p-1/b14-8+. The highest BCUT2D eigenvalue weighted by atomic mass is 35.5. The fourth-order valence-corrected chi connectivity index (χ4v) is 2.91. The Hall–Kier alpha value is -4.16. The molecule has 1 heterocycles. The van der Waals surface area contributed by atoms with Crippen LogP contribution in [0.15, 0.2) is 54.1 Å². The molecule has 0 spiro atoms. The van der Waals surface area contributed by atoms with Crippen LogP contribution in [0.5, 0.6) is 5.75 Å². The van der Waals surface area contributed by atoms with Gasteiger partial charge >= 0.3 is 0 Å². The van der Waals surface area contributed by atoms with Gasteiger partial charge in [-0.3, -0.25) is 14.9 Å². The van der Waals surface area contributed by atoms with E-state index in [1.54, 1.807) is 43.3 Å². The molecule has 3 aromatic rings. The maximum atomic E-state index is 12.6.